The minimum atomic E-state index is 0. The van der Waals surface area contributed by atoms with Crippen LogP contribution in [0.4, 0.5) is 0 Å². The van der Waals surface area contributed by atoms with E-state index in [0.717, 1.165) is 57.3 Å². The zero-order chi connectivity index (χ0) is 17.9. The van der Waals surface area contributed by atoms with Crippen LogP contribution in [0.5, 0.6) is 0 Å². The summed E-state index contributed by atoms with van der Waals surface area (Å²) in [4.78, 5) is 7.39. The summed E-state index contributed by atoms with van der Waals surface area (Å²) in [6.07, 6.45) is 7.63. The maximum Gasteiger partial charge on any atom is 0.191 e. The third kappa shape index (κ3) is 7.38. The van der Waals surface area contributed by atoms with Gasteiger partial charge in [0.05, 0.1) is 6.54 Å². The smallest absolute Gasteiger partial charge is 0.191 e. The number of aliphatic imine (C=N–C) groups is 1. The lowest BCUT2D eigenvalue weighted by molar-refractivity contribution is 0.273. The number of aromatic nitrogens is 3. The quantitative estimate of drug-likeness (QED) is 0.234. The normalized spacial score (nSPS) is 18.0. The highest BCUT2D eigenvalue weighted by molar-refractivity contribution is 14.0. The molecule has 1 aromatic heterocycles. The lowest BCUT2D eigenvalue weighted by Crippen LogP contribution is -2.41. The molecule has 7 nitrogen and oxygen atoms in total. The van der Waals surface area contributed by atoms with Crippen molar-refractivity contribution in [3.63, 3.8) is 0 Å². The number of hydrogen-bond acceptors (Lipinski definition) is 4. The van der Waals surface area contributed by atoms with Crippen LogP contribution in [0.25, 0.3) is 0 Å². The summed E-state index contributed by atoms with van der Waals surface area (Å²) in [6.45, 7) is 12.4. The summed E-state index contributed by atoms with van der Waals surface area (Å²) in [6, 6.07) is 0.597. The maximum absolute atomic E-state index is 4.85. The maximum atomic E-state index is 4.85. The van der Waals surface area contributed by atoms with Crippen LogP contribution in [0.3, 0.4) is 0 Å². The predicted molar refractivity (Wildman–Crippen MR) is 118 cm³/mol. The average Bonchev–Trinajstić information content (AvgIpc) is 3.27. The first kappa shape index (κ1) is 23.1. The molecule has 2 rings (SSSR count). The third-order valence-electron chi connectivity index (χ3n) is 4.85. The molecule has 0 bridgehead atoms. The highest BCUT2D eigenvalue weighted by atomic mass is 127. The number of nitrogens with one attached hydrogen (secondary N) is 2. The van der Waals surface area contributed by atoms with E-state index in [9.17, 15) is 0 Å². The summed E-state index contributed by atoms with van der Waals surface area (Å²) in [5.41, 5.74) is 0. The van der Waals surface area contributed by atoms with Crippen molar-refractivity contribution in [2.45, 2.75) is 65.5 Å². The van der Waals surface area contributed by atoms with Crippen molar-refractivity contribution in [1.29, 1.82) is 0 Å². The van der Waals surface area contributed by atoms with Gasteiger partial charge in [-0.15, -0.1) is 34.2 Å². The Morgan fingerprint density at radius 3 is 2.81 bits per heavy atom. The molecule has 1 aliphatic rings. The Morgan fingerprint density at radius 1 is 1.27 bits per heavy atom. The van der Waals surface area contributed by atoms with Crippen molar-refractivity contribution >= 4 is 29.9 Å². The summed E-state index contributed by atoms with van der Waals surface area (Å²) in [7, 11) is 0. The Hall–Kier alpha value is -0.900. The number of likely N-dealkylation sites (tertiary alicyclic amines) is 1. The highest BCUT2D eigenvalue weighted by Gasteiger charge is 2.22. The molecular formula is C18H36IN7. The Morgan fingerprint density at radius 2 is 2.08 bits per heavy atom. The van der Waals surface area contributed by atoms with E-state index in [0.29, 0.717) is 6.04 Å². The van der Waals surface area contributed by atoms with Crippen LogP contribution >= 0.6 is 24.0 Å². The van der Waals surface area contributed by atoms with E-state index < -0.39 is 0 Å². The van der Waals surface area contributed by atoms with Gasteiger partial charge >= 0.3 is 0 Å². The zero-order valence-electron chi connectivity index (χ0n) is 16.6. The predicted octanol–water partition coefficient (Wildman–Crippen LogP) is 2.28. The summed E-state index contributed by atoms with van der Waals surface area (Å²) >= 11 is 0. The van der Waals surface area contributed by atoms with Crippen molar-refractivity contribution in [2.75, 3.05) is 32.7 Å². The van der Waals surface area contributed by atoms with Crippen LogP contribution in [0, 0.1) is 0 Å². The SMILES string of the molecule is CCCCNC(=NCC1CCCN1CC)NCCn1cnnc1CC.I. The Bertz CT molecular complexity index is 517. The molecule has 0 saturated carbocycles. The molecule has 150 valence electrons. The molecule has 2 N–H and O–H groups in total. The summed E-state index contributed by atoms with van der Waals surface area (Å²) in [5, 5.41) is 15.1. The van der Waals surface area contributed by atoms with Crippen LogP contribution < -0.4 is 10.6 Å². The number of guanidine groups is 1. The molecule has 26 heavy (non-hydrogen) atoms. The molecule has 1 aliphatic heterocycles. The van der Waals surface area contributed by atoms with E-state index in [-0.39, 0.29) is 24.0 Å². The molecule has 1 aromatic rings. The van der Waals surface area contributed by atoms with Gasteiger partial charge in [-0.2, -0.15) is 0 Å². The number of nitrogens with zero attached hydrogens (tertiary/aromatic N) is 5. The second-order valence-electron chi connectivity index (χ2n) is 6.62. The van der Waals surface area contributed by atoms with Crippen LogP contribution in [0.15, 0.2) is 11.3 Å². The van der Waals surface area contributed by atoms with E-state index >= 15 is 0 Å². The molecule has 2 heterocycles. The lowest BCUT2D eigenvalue weighted by Gasteiger charge is -2.21. The Labute approximate surface area is 175 Å². The van der Waals surface area contributed by atoms with Gasteiger partial charge in [0.1, 0.15) is 12.2 Å². The fraction of sp³-hybridized carbons (Fsp3) is 0.833. The van der Waals surface area contributed by atoms with Gasteiger partial charge in [0.25, 0.3) is 0 Å². The largest absolute Gasteiger partial charge is 0.356 e. The Balaban J connectivity index is 0.00000338. The van der Waals surface area contributed by atoms with E-state index in [4.69, 9.17) is 4.99 Å². The average molecular weight is 477 g/mol. The molecule has 0 aliphatic carbocycles. The lowest BCUT2D eigenvalue weighted by atomic mass is 10.2. The summed E-state index contributed by atoms with van der Waals surface area (Å²) < 4.78 is 2.10. The first-order valence-electron chi connectivity index (χ1n) is 9.91. The first-order chi connectivity index (χ1) is 12.3. The van der Waals surface area contributed by atoms with Crippen LogP contribution in [-0.2, 0) is 13.0 Å². The fourth-order valence-electron chi connectivity index (χ4n) is 3.31. The molecule has 1 unspecified atom stereocenters. The first-order valence-corrected chi connectivity index (χ1v) is 9.91. The number of likely N-dealkylation sites (N-methyl/N-ethyl adjacent to an activating group) is 1. The molecule has 1 atom stereocenters. The number of halogens is 1. The molecule has 8 heteroatoms. The standard InChI is InChI=1S/C18H35N7.HI/c1-4-7-10-19-18(21-14-16-9-8-12-24(16)6-3)20-11-13-25-15-22-23-17(25)5-2;/h15-16H,4-14H2,1-3H3,(H2,19,20,21);1H. The van der Waals surface area contributed by atoms with Gasteiger partial charge in [-0.1, -0.05) is 27.2 Å². The topological polar surface area (TPSA) is 70.4 Å². The van der Waals surface area contributed by atoms with Gasteiger partial charge in [-0.05, 0) is 32.4 Å². The van der Waals surface area contributed by atoms with Gasteiger partial charge in [-0.3, -0.25) is 9.89 Å². The second-order valence-corrected chi connectivity index (χ2v) is 6.62. The van der Waals surface area contributed by atoms with Crippen molar-refractivity contribution in [3.8, 4) is 0 Å². The van der Waals surface area contributed by atoms with Gasteiger partial charge in [-0.25, -0.2) is 0 Å². The van der Waals surface area contributed by atoms with Gasteiger partial charge in [0.2, 0.25) is 0 Å². The number of aryl methyl sites for hydroxylation is 1. The molecule has 1 saturated heterocycles. The van der Waals surface area contributed by atoms with Crippen LogP contribution in [0.2, 0.25) is 0 Å². The van der Waals surface area contributed by atoms with Crippen molar-refractivity contribution in [1.82, 2.24) is 30.3 Å². The van der Waals surface area contributed by atoms with E-state index in [1.54, 1.807) is 6.33 Å². The van der Waals surface area contributed by atoms with Gasteiger partial charge in [0, 0.05) is 32.1 Å². The van der Waals surface area contributed by atoms with E-state index in [1.165, 1.54) is 25.8 Å². The number of rotatable bonds is 10. The fourth-order valence-corrected chi connectivity index (χ4v) is 3.31. The monoisotopic (exact) mass is 477 g/mol. The van der Waals surface area contributed by atoms with Crippen molar-refractivity contribution < 1.29 is 0 Å². The van der Waals surface area contributed by atoms with Gasteiger partial charge in [0.15, 0.2) is 5.96 Å². The molecule has 0 aromatic carbocycles. The minimum Gasteiger partial charge on any atom is -0.356 e. The zero-order valence-corrected chi connectivity index (χ0v) is 18.9. The van der Waals surface area contributed by atoms with Crippen LogP contribution in [0.1, 0.15) is 52.3 Å². The summed E-state index contributed by atoms with van der Waals surface area (Å²) in [5.74, 6) is 1.96. The van der Waals surface area contributed by atoms with Gasteiger partial charge < -0.3 is 15.2 Å². The molecule has 1 fully saturated rings. The molecule has 0 amide bonds. The third-order valence-corrected chi connectivity index (χ3v) is 4.85. The second kappa shape index (κ2) is 13.3. The molecule has 0 radical (unpaired) electrons. The van der Waals surface area contributed by atoms with Crippen molar-refractivity contribution in [2.24, 2.45) is 4.99 Å². The van der Waals surface area contributed by atoms with Crippen molar-refractivity contribution in [3.05, 3.63) is 12.2 Å². The van der Waals surface area contributed by atoms with Crippen LogP contribution in [-0.4, -0.2) is 64.4 Å². The number of hydrogen-bond donors (Lipinski definition) is 2. The minimum absolute atomic E-state index is 0. The molecular weight excluding hydrogens is 441 g/mol. The Kier molecular flexibility index (Phi) is 11.8. The number of unbranched alkanes of at least 4 members (excludes halogenated alkanes) is 1. The van der Waals surface area contributed by atoms with E-state index in [1.807, 2.05) is 0 Å². The van der Waals surface area contributed by atoms with E-state index in [2.05, 4.69) is 51.1 Å². The highest BCUT2D eigenvalue weighted by Crippen LogP contribution is 2.16. The molecule has 0 spiro atoms.